The summed E-state index contributed by atoms with van der Waals surface area (Å²) in [4.78, 5) is 7.15. The quantitative estimate of drug-likeness (QED) is 0.437. The lowest BCUT2D eigenvalue weighted by Crippen LogP contribution is -2.40. The maximum atomic E-state index is 4.79. The molecule has 2 heterocycles. The molecule has 0 saturated carbocycles. The summed E-state index contributed by atoms with van der Waals surface area (Å²) >= 11 is 0. The van der Waals surface area contributed by atoms with Crippen LogP contribution in [0.25, 0.3) is 5.69 Å². The molecule has 3 rings (SSSR count). The topological polar surface area (TPSA) is 45.5 Å². The van der Waals surface area contributed by atoms with Crippen LogP contribution in [0, 0.1) is 5.41 Å². The Morgan fingerprint density at radius 2 is 2.00 bits per heavy atom. The predicted molar refractivity (Wildman–Crippen MR) is 114 cm³/mol. The van der Waals surface area contributed by atoms with Gasteiger partial charge in [-0.05, 0) is 37.0 Å². The first-order valence-corrected chi connectivity index (χ1v) is 8.71. The van der Waals surface area contributed by atoms with Gasteiger partial charge in [-0.3, -0.25) is 0 Å². The molecule has 6 heteroatoms. The number of halogens is 1. The first-order valence-electron chi connectivity index (χ1n) is 8.71. The van der Waals surface area contributed by atoms with Crippen molar-refractivity contribution in [2.24, 2.45) is 10.4 Å². The summed E-state index contributed by atoms with van der Waals surface area (Å²) in [6, 6.07) is 12.2. The first-order chi connectivity index (χ1) is 11.6. The Morgan fingerprint density at radius 3 is 2.64 bits per heavy atom. The summed E-state index contributed by atoms with van der Waals surface area (Å²) in [5, 5.41) is 8.04. The number of nitrogens with one attached hydrogen (secondary N) is 1. The van der Waals surface area contributed by atoms with E-state index in [9.17, 15) is 0 Å². The second-order valence-electron chi connectivity index (χ2n) is 7.09. The average Bonchev–Trinajstić information content (AvgIpc) is 3.19. The van der Waals surface area contributed by atoms with Crippen molar-refractivity contribution in [2.75, 3.05) is 19.6 Å². The minimum absolute atomic E-state index is 0. The zero-order valence-electron chi connectivity index (χ0n) is 15.3. The molecule has 5 nitrogen and oxygen atoms in total. The van der Waals surface area contributed by atoms with Crippen molar-refractivity contribution in [3.8, 4) is 5.69 Å². The summed E-state index contributed by atoms with van der Waals surface area (Å²) < 4.78 is 1.90. The van der Waals surface area contributed by atoms with Gasteiger partial charge >= 0.3 is 0 Å². The summed E-state index contributed by atoms with van der Waals surface area (Å²) in [5.41, 5.74) is 2.42. The number of para-hydroxylation sites is 1. The molecule has 0 aliphatic carbocycles. The number of hydrogen-bond acceptors (Lipinski definition) is 2. The summed E-state index contributed by atoms with van der Waals surface area (Å²) in [6.45, 7) is 10.3. The van der Waals surface area contributed by atoms with E-state index in [0.717, 1.165) is 37.0 Å². The van der Waals surface area contributed by atoms with Gasteiger partial charge in [-0.1, -0.05) is 32.0 Å². The van der Waals surface area contributed by atoms with E-state index >= 15 is 0 Å². The number of likely N-dealkylation sites (tertiary alicyclic amines) is 1. The number of guanidine groups is 1. The third-order valence-corrected chi connectivity index (χ3v) is 4.37. The van der Waals surface area contributed by atoms with Crippen LogP contribution in [-0.2, 0) is 6.54 Å². The molecular formula is C19H28IN5. The number of hydrogen-bond donors (Lipinski definition) is 1. The zero-order chi connectivity index (χ0) is 17.0. The highest BCUT2D eigenvalue weighted by molar-refractivity contribution is 14.0. The summed E-state index contributed by atoms with van der Waals surface area (Å²) in [5.74, 6) is 0.998. The number of nitrogens with zero attached hydrogens (tertiary/aromatic N) is 4. The van der Waals surface area contributed by atoms with E-state index in [1.807, 2.05) is 35.1 Å². The lowest BCUT2D eigenvalue weighted by atomic mass is 9.93. The van der Waals surface area contributed by atoms with Crippen molar-refractivity contribution >= 4 is 29.9 Å². The van der Waals surface area contributed by atoms with E-state index in [1.165, 1.54) is 6.42 Å². The van der Waals surface area contributed by atoms with Crippen LogP contribution in [0.15, 0.2) is 47.6 Å². The first kappa shape index (κ1) is 19.8. The normalized spacial score (nSPS) is 16.6. The van der Waals surface area contributed by atoms with Gasteiger partial charge in [0.2, 0.25) is 0 Å². The second kappa shape index (κ2) is 8.69. The molecule has 0 atom stereocenters. The molecule has 1 fully saturated rings. The van der Waals surface area contributed by atoms with Crippen LogP contribution in [0.5, 0.6) is 0 Å². The van der Waals surface area contributed by atoms with E-state index in [4.69, 9.17) is 4.99 Å². The number of benzene rings is 1. The van der Waals surface area contributed by atoms with Crippen LogP contribution in [0.1, 0.15) is 32.9 Å². The van der Waals surface area contributed by atoms with Crippen molar-refractivity contribution in [1.82, 2.24) is 20.0 Å². The molecule has 0 spiro atoms. The minimum atomic E-state index is 0. The smallest absolute Gasteiger partial charge is 0.194 e. The molecule has 136 valence electrons. The van der Waals surface area contributed by atoms with Gasteiger partial charge < -0.3 is 10.2 Å². The lowest BCUT2D eigenvalue weighted by molar-refractivity contribution is 0.370. The predicted octanol–water partition coefficient (Wildman–Crippen LogP) is 3.69. The van der Waals surface area contributed by atoms with Gasteiger partial charge in [0.05, 0.1) is 17.9 Å². The molecule has 1 aliphatic rings. The lowest BCUT2D eigenvalue weighted by Gasteiger charge is -2.23. The maximum Gasteiger partial charge on any atom is 0.194 e. The molecule has 2 aromatic rings. The Morgan fingerprint density at radius 1 is 1.24 bits per heavy atom. The van der Waals surface area contributed by atoms with Gasteiger partial charge in [-0.2, -0.15) is 5.10 Å². The van der Waals surface area contributed by atoms with Crippen molar-refractivity contribution < 1.29 is 0 Å². The molecule has 1 aliphatic heterocycles. The van der Waals surface area contributed by atoms with Gasteiger partial charge in [-0.25, -0.2) is 9.67 Å². The third kappa shape index (κ3) is 5.20. The molecule has 0 unspecified atom stereocenters. The maximum absolute atomic E-state index is 4.79. The van der Waals surface area contributed by atoms with Crippen LogP contribution in [0.2, 0.25) is 0 Å². The highest BCUT2D eigenvalue weighted by Crippen LogP contribution is 2.28. The highest BCUT2D eigenvalue weighted by Gasteiger charge is 2.30. The van der Waals surface area contributed by atoms with Crippen LogP contribution in [-0.4, -0.2) is 40.3 Å². The zero-order valence-corrected chi connectivity index (χ0v) is 17.6. The Bertz CT molecular complexity index is 693. The van der Waals surface area contributed by atoms with Gasteiger partial charge in [0.25, 0.3) is 0 Å². The van der Waals surface area contributed by atoms with E-state index < -0.39 is 0 Å². The fraction of sp³-hybridized carbons (Fsp3) is 0.474. The van der Waals surface area contributed by atoms with Crippen LogP contribution in [0.4, 0.5) is 0 Å². The van der Waals surface area contributed by atoms with Gasteiger partial charge in [0.15, 0.2) is 5.96 Å². The molecule has 1 N–H and O–H groups in total. The molecule has 1 saturated heterocycles. The van der Waals surface area contributed by atoms with E-state index in [1.54, 1.807) is 0 Å². The molecule has 0 radical (unpaired) electrons. The summed E-state index contributed by atoms with van der Waals surface area (Å²) in [6.07, 6.45) is 3.20. The number of rotatable bonds is 4. The van der Waals surface area contributed by atoms with Crippen molar-refractivity contribution in [2.45, 2.75) is 33.7 Å². The summed E-state index contributed by atoms with van der Waals surface area (Å²) in [7, 11) is 0. The van der Waals surface area contributed by atoms with Crippen molar-refractivity contribution in [1.29, 1.82) is 0 Å². The van der Waals surface area contributed by atoms with Crippen LogP contribution < -0.4 is 5.32 Å². The van der Waals surface area contributed by atoms with Crippen molar-refractivity contribution in [3.05, 3.63) is 48.3 Å². The van der Waals surface area contributed by atoms with Gasteiger partial charge in [0.1, 0.15) is 0 Å². The minimum Gasteiger partial charge on any atom is -0.357 e. The highest BCUT2D eigenvalue weighted by atomic mass is 127. The number of aliphatic imine (C=N–C) groups is 1. The largest absolute Gasteiger partial charge is 0.357 e. The standard InChI is InChI=1S/C19H27N5.HI/c1-4-20-18(23-13-11-19(2,3)15-23)21-14-16-10-12-24(22-16)17-8-6-5-7-9-17;/h5-10,12H,4,11,13-15H2,1-3H3,(H,20,21);1H. The Kier molecular flexibility index (Phi) is 6.87. The average molecular weight is 453 g/mol. The second-order valence-corrected chi connectivity index (χ2v) is 7.09. The fourth-order valence-corrected chi connectivity index (χ4v) is 3.05. The van der Waals surface area contributed by atoms with Gasteiger partial charge in [0, 0.05) is 25.8 Å². The molecule has 0 amide bonds. The molecule has 1 aromatic carbocycles. The number of aromatic nitrogens is 2. The molecule has 25 heavy (non-hydrogen) atoms. The molecule has 0 bridgehead atoms. The Hall–Kier alpha value is -1.57. The van der Waals surface area contributed by atoms with Crippen molar-refractivity contribution in [3.63, 3.8) is 0 Å². The third-order valence-electron chi connectivity index (χ3n) is 4.37. The molecule has 1 aromatic heterocycles. The van der Waals surface area contributed by atoms with E-state index in [2.05, 4.69) is 48.2 Å². The molecular weight excluding hydrogens is 425 g/mol. The van der Waals surface area contributed by atoms with Crippen LogP contribution in [0.3, 0.4) is 0 Å². The van der Waals surface area contributed by atoms with E-state index in [0.29, 0.717) is 12.0 Å². The fourth-order valence-electron chi connectivity index (χ4n) is 3.05. The van der Waals surface area contributed by atoms with E-state index in [-0.39, 0.29) is 24.0 Å². The Labute approximate surface area is 167 Å². The van der Waals surface area contributed by atoms with Gasteiger partial charge in [-0.15, -0.1) is 24.0 Å². The SMILES string of the molecule is CCNC(=NCc1ccn(-c2ccccc2)n1)N1CCC(C)(C)C1.I. The Balaban J connectivity index is 0.00000225. The monoisotopic (exact) mass is 453 g/mol. The van der Waals surface area contributed by atoms with Crippen LogP contribution >= 0.6 is 24.0 Å².